The quantitative estimate of drug-likeness (QED) is 0.567. The lowest BCUT2D eigenvalue weighted by molar-refractivity contribution is -0.120. The minimum Gasteiger partial charge on any atom is -0.273 e. The molecule has 74 valence electrons. The third-order valence-electron chi connectivity index (χ3n) is 1.60. The lowest BCUT2D eigenvalue weighted by atomic mass is 10.3. The number of nitrogens with one attached hydrogen (secondary N) is 1. The van der Waals surface area contributed by atoms with Gasteiger partial charge in [-0.05, 0) is 6.92 Å². The van der Waals surface area contributed by atoms with Crippen molar-refractivity contribution in [2.45, 2.75) is 20.3 Å². The molecule has 0 aliphatic rings. The van der Waals surface area contributed by atoms with E-state index in [9.17, 15) is 4.79 Å². The Labute approximate surface area is 82.3 Å². The molecular weight excluding hydrogens is 180 g/mol. The lowest BCUT2D eigenvalue weighted by Gasteiger charge is -1.99. The summed E-state index contributed by atoms with van der Waals surface area (Å²) >= 11 is 0. The number of hydrogen-bond donors (Lipinski definition) is 1. The van der Waals surface area contributed by atoms with Crippen LogP contribution in [0.1, 0.15) is 26.0 Å². The second-order valence-electron chi connectivity index (χ2n) is 2.68. The highest BCUT2D eigenvalue weighted by atomic mass is 16.2. The molecule has 0 bridgehead atoms. The molecule has 0 aliphatic carbocycles. The monoisotopic (exact) mass is 192 g/mol. The van der Waals surface area contributed by atoms with Crippen LogP contribution in [0.3, 0.4) is 0 Å². The smallest absolute Gasteiger partial charge is 0.239 e. The number of rotatable bonds is 3. The molecule has 5 heteroatoms. The van der Waals surface area contributed by atoms with Crippen LogP contribution in [0, 0.1) is 0 Å². The zero-order valence-corrected chi connectivity index (χ0v) is 8.19. The zero-order chi connectivity index (χ0) is 10.4. The van der Waals surface area contributed by atoms with E-state index in [0.717, 1.165) is 0 Å². The second-order valence-corrected chi connectivity index (χ2v) is 2.68. The van der Waals surface area contributed by atoms with Crippen molar-refractivity contribution in [3.8, 4) is 0 Å². The zero-order valence-electron chi connectivity index (χ0n) is 8.19. The maximum absolute atomic E-state index is 10.9. The van der Waals surface area contributed by atoms with Gasteiger partial charge in [-0.25, -0.2) is 5.43 Å². The summed E-state index contributed by atoms with van der Waals surface area (Å²) in [6.07, 6.45) is 5.17. The molecule has 0 atom stereocenters. The molecule has 0 radical (unpaired) electrons. The Hall–Kier alpha value is -1.78. The van der Waals surface area contributed by atoms with Crippen LogP contribution in [0.4, 0.5) is 0 Å². The summed E-state index contributed by atoms with van der Waals surface area (Å²) in [6.45, 7) is 3.53. The maximum atomic E-state index is 10.9. The highest BCUT2D eigenvalue weighted by Gasteiger charge is 1.99. The summed E-state index contributed by atoms with van der Waals surface area (Å²) in [7, 11) is 0. The number of amides is 1. The second kappa shape index (κ2) is 5.06. The minimum absolute atomic E-state index is 0.117. The van der Waals surface area contributed by atoms with Gasteiger partial charge in [0.1, 0.15) is 5.69 Å². The molecule has 0 spiro atoms. The van der Waals surface area contributed by atoms with Crippen molar-refractivity contribution in [3.63, 3.8) is 0 Å². The Balaban J connectivity index is 2.66. The molecule has 0 saturated heterocycles. The van der Waals surface area contributed by atoms with Gasteiger partial charge < -0.3 is 0 Å². The van der Waals surface area contributed by atoms with Gasteiger partial charge in [0, 0.05) is 18.8 Å². The largest absolute Gasteiger partial charge is 0.273 e. The highest BCUT2D eigenvalue weighted by molar-refractivity contribution is 5.97. The average Bonchev–Trinajstić information content (AvgIpc) is 2.26. The Morgan fingerprint density at radius 3 is 2.93 bits per heavy atom. The Morgan fingerprint density at radius 1 is 1.57 bits per heavy atom. The number of aromatic nitrogens is 2. The summed E-state index contributed by atoms with van der Waals surface area (Å²) in [5.74, 6) is -0.117. The van der Waals surface area contributed by atoms with Crippen molar-refractivity contribution in [1.82, 2.24) is 15.4 Å². The molecule has 1 heterocycles. The molecule has 1 aromatic heterocycles. The summed E-state index contributed by atoms with van der Waals surface area (Å²) in [6, 6.07) is 0. The molecule has 14 heavy (non-hydrogen) atoms. The maximum Gasteiger partial charge on any atom is 0.239 e. The first-order chi connectivity index (χ1) is 6.74. The number of hydrogen-bond acceptors (Lipinski definition) is 4. The first-order valence-corrected chi connectivity index (χ1v) is 4.33. The molecule has 5 nitrogen and oxygen atoms in total. The van der Waals surface area contributed by atoms with Gasteiger partial charge in [0.05, 0.1) is 11.9 Å². The minimum atomic E-state index is -0.117. The average molecular weight is 192 g/mol. The van der Waals surface area contributed by atoms with Crippen molar-refractivity contribution in [1.29, 1.82) is 0 Å². The summed E-state index contributed by atoms with van der Waals surface area (Å²) in [5.41, 5.74) is 3.71. The van der Waals surface area contributed by atoms with E-state index in [-0.39, 0.29) is 5.91 Å². The Kier molecular flexibility index (Phi) is 3.72. The van der Waals surface area contributed by atoms with Crippen molar-refractivity contribution in [2.24, 2.45) is 5.10 Å². The number of carbonyl (C=O) groups is 1. The van der Waals surface area contributed by atoms with Gasteiger partial charge in [-0.3, -0.25) is 14.8 Å². The molecule has 0 aliphatic heterocycles. The van der Waals surface area contributed by atoms with Crippen LogP contribution in [-0.2, 0) is 4.79 Å². The van der Waals surface area contributed by atoms with Crippen LogP contribution >= 0.6 is 0 Å². The van der Waals surface area contributed by atoms with Gasteiger partial charge >= 0.3 is 0 Å². The van der Waals surface area contributed by atoms with E-state index in [0.29, 0.717) is 17.8 Å². The van der Waals surface area contributed by atoms with E-state index >= 15 is 0 Å². The van der Waals surface area contributed by atoms with E-state index in [1.807, 2.05) is 0 Å². The summed E-state index contributed by atoms with van der Waals surface area (Å²) in [5, 5.41) is 3.88. The Morgan fingerprint density at radius 2 is 2.36 bits per heavy atom. The van der Waals surface area contributed by atoms with Crippen LogP contribution in [-0.4, -0.2) is 21.6 Å². The van der Waals surface area contributed by atoms with Gasteiger partial charge in [0.25, 0.3) is 0 Å². The van der Waals surface area contributed by atoms with Gasteiger partial charge in [0.2, 0.25) is 5.91 Å². The topological polar surface area (TPSA) is 67.2 Å². The van der Waals surface area contributed by atoms with E-state index in [4.69, 9.17) is 0 Å². The molecule has 1 aromatic rings. The van der Waals surface area contributed by atoms with E-state index in [1.165, 1.54) is 0 Å². The SMILES string of the molecule is CCC(=O)NN=C(C)c1cnccn1. The fraction of sp³-hybridized carbons (Fsp3) is 0.333. The van der Waals surface area contributed by atoms with E-state index in [1.54, 1.807) is 32.4 Å². The van der Waals surface area contributed by atoms with Crippen molar-refractivity contribution in [2.75, 3.05) is 0 Å². The van der Waals surface area contributed by atoms with Crippen LogP contribution in [0.25, 0.3) is 0 Å². The van der Waals surface area contributed by atoms with Crippen LogP contribution in [0.15, 0.2) is 23.7 Å². The third-order valence-corrected chi connectivity index (χ3v) is 1.60. The molecule has 0 aromatic carbocycles. The van der Waals surface area contributed by atoms with E-state index in [2.05, 4.69) is 20.5 Å². The van der Waals surface area contributed by atoms with Crippen molar-refractivity contribution in [3.05, 3.63) is 24.3 Å². The number of hydrazone groups is 1. The standard InChI is InChI=1S/C9H12N4O/c1-3-9(14)13-12-7(2)8-6-10-4-5-11-8/h4-6H,3H2,1-2H3,(H,13,14). The predicted octanol–water partition coefficient (Wildman–Crippen LogP) is 0.727. The molecule has 0 unspecified atom stereocenters. The van der Waals surface area contributed by atoms with Crippen LogP contribution in [0.5, 0.6) is 0 Å². The Bertz CT molecular complexity index is 334. The fourth-order valence-corrected chi connectivity index (χ4v) is 0.768. The third kappa shape index (κ3) is 2.93. The van der Waals surface area contributed by atoms with E-state index < -0.39 is 0 Å². The van der Waals surface area contributed by atoms with Crippen molar-refractivity contribution >= 4 is 11.6 Å². The predicted molar refractivity (Wildman–Crippen MR) is 52.7 cm³/mol. The van der Waals surface area contributed by atoms with Crippen LogP contribution in [0.2, 0.25) is 0 Å². The summed E-state index contributed by atoms with van der Waals surface area (Å²) in [4.78, 5) is 18.8. The summed E-state index contributed by atoms with van der Waals surface area (Å²) < 4.78 is 0. The fourth-order valence-electron chi connectivity index (χ4n) is 0.768. The number of carbonyl (C=O) groups excluding carboxylic acids is 1. The highest BCUT2D eigenvalue weighted by Crippen LogP contribution is 1.92. The molecule has 1 N–H and O–H groups in total. The van der Waals surface area contributed by atoms with Crippen molar-refractivity contribution < 1.29 is 4.79 Å². The molecule has 1 amide bonds. The first-order valence-electron chi connectivity index (χ1n) is 4.33. The molecule has 1 rings (SSSR count). The first kappa shape index (κ1) is 10.3. The van der Waals surface area contributed by atoms with Gasteiger partial charge in [-0.15, -0.1) is 0 Å². The van der Waals surface area contributed by atoms with Gasteiger partial charge in [0.15, 0.2) is 0 Å². The molecule has 0 fully saturated rings. The lowest BCUT2D eigenvalue weighted by Crippen LogP contribution is -2.18. The van der Waals surface area contributed by atoms with Gasteiger partial charge in [-0.2, -0.15) is 5.10 Å². The number of nitrogens with zero attached hydrogens (tertiary/aromatic N) is 3. The molecular formula is C9H12N4O. The van der Waals surface area contributed by atoms with Crippen LogP contribution < -0.4 is 5.43 Å². The molecule has 0 saturated carbocycles. The van der Waals surface area contributed by atoms with Gasteiger partial charge in [-0.1, -0.05) is 6.92 Å². The normalized spacial score (nSPS) is 11.1.